The van der Waals surface area contributed by atoms with Crippen LogP contribution < -0.4 is 5.73 Å². The Labute approximate surface area is 131 Å². The van der Waals surface area contributed by atoms with Crippen LogP contribution in [0.1, 0.15) is 20.7 Å². The lowest BCUT2D eigenvalue weighted by Gasteiger charge is -2.06. The van der Waals surface area contributed by atoms with Gasteiger partial charge in [-0.15, -0.1) is 0 Å². The van der Waals surface area contributed by atoms with Gasteiger partial charge in [0.15, 0.2) is 0 Å². The number of hydrogen-bond acceptors (Lipinski definition) is 5. The fourth-order valence-electron chi connectivity index (χ4n) is 1.39. The van der Waals surface area contributed by atoms with Gasteiger partial charge in [-0.25, -0.2) is 9.59 Å². The van der Waals surface area contributed by atoms with Crippen LogP contribution in [-0.4, -0.2) is 16.9 Å². The standard InChI is InChI=1S/C13H8Br2N2O3/c14-9-5-8(6-10(15)11(9)16)13(19)20-12(18)7-1-3-17-4-2-7/h1-6H,16H2. The molecule has 102 valence electrons. The zero-order valence-corrected chi connectivity index (χ0v) is 13.1. The van der Waals surface area contributed by atoms with Crippen molar-refractivity contribution < 1.29 is 14.3 Å². The van der Waals surface area contributed by atoms with Crippen molar-refractivity contribution in [1.29, 1.82) is 0 Å². The minimum absolute atomic E-state index is 0.209. The third kappa shape index (κ3) is 3.23. The van der Waals surface area contributed by atoms with E-state index in [1.54, 1.807) is 0 Å². The quantitative estimate of drug-likeness (QED) is 0.476. The molecule has 0 spiro atoms. The summed E-state index contributed by atoms with van der Waals surface area (Å²) in [6, 6.07) is 5.90. The summed E-state index contributed by atoms with van der Waals surface area (Å²) in [6.45, 7) is 0. The molecule has 0 atom stereocenters. The minimum atomic E-state index is -0.756. The van der Waals surface area contributed by atoms with Gasteiger partial charge >= 0.3 is 11.9 Å². The number of nitrogens with zero attached hydrogens (tertiary/aromatic N) is 1. The molecule has 5 nitrogen and oxygen atoms in total. The van der Waals surface area contributed by atoms with E-state index in [9.17, 15) is 9.59 Å². The second-order valence-corrected chi connectivity index (χ2v) is 5.48. The van der Waals surface area contributed by atoms with Gasteiger partial charge < -0.3 is 10.5 Å². The summed E-state index contributed by atoms with van der Waals surface area (Å²) < 4.78 is 5.86. The van der Waals surface area contributed by atoms with E-state index in [4.69, 9.17) is 10.5 Å². The summed E-state index contributed by atoms with van der Waals surface area (Å²) in [4.78, 5) is 27.4. The van der Waals surface area contributed by atoms with E-state index in [0.29, 0.717) is 14.6 Å². The van der Waals surface area contributed by atoms with Gasteiger partial charge in [0.25, 0.3) is 0 Å². The molecule has 0 aliphatic carbocycles. The van der Waals surface area contributed by atoms with Gasteiger partial charge in [-0.2, -0.15) is 0 Å². The van der Waals surface area contributed by atoms with E-state index in [2.05, 4.69) is 36.8 Å². The molecule has 0 unspecified atom stereocenters. The largest absolute Gasteiger partial charge is 0.397 e. The molecule has 1 aromatic carbocycles. The summed E-state index contributed by atoms with van der Waals surface area (Å²) in [7, 11) is 0. The fraction of sp³-hybridized carbons (Fsp3) is 0. The number of hydrogen-bond donors (Lipinski definition) is 1. The number of pyridine rings is 1. The van der Waals surface area contributed by atoms with Crippen LogP contribution in [0.15, 0.2) is 45.6 Å². The van der Waals surface area contributed by atoms with Crippen LogP contribution in [0.25, 0.3) is 0 Å². The van der Waals surface area contributed by atoms with Crippen LogP contribution in [0.4, 0.5) is 5.69 Å². The van der Waals surface area contributed by atoms with E-state index in [1.165, 1.54) is 36.7 Å². The minimum Gasteiger partial charge on any atom is -0.397 e. The molecule has 1 aromatic heterocycles. The van der Waals surface area contributed by atoms with Crippen molar-refractivity contribution in [3.05, 3.63) is 56.7 Å². The predicted octanol–water partition coefficient (Wildman–Crippen LogP) is 3.19. The van der Waals surface area contributed by atoms with Crippen molar-refractivity contribution in [2.24, 2.45) is 0 Å². The van der Waals surface area contributed by atoms with Crippen molar-refractivity contribution in [1.82, 2.24) is 4.98 Å². The Kier molecular flexibility index (Phi) is 4.51. The first-order chi connectivity index (χ1) is 9.49. The molecule has 0 aliphatic rings. The predicted molar refractivity (Wildman–Crippen MR) is 80.2 cm³/mol. The van der Waals surface area contributed by atoms with E-state index >= 15 is 0 Å². The number of nitrogens with two attached hydrogens (primary N) is 1. The molecule has 7 heteroatoms. The second kappa shape index (κ2) is 6.15. The third-order valence-corrected chi connectivity index (χ3v) is 3.73. The number of carbonyl (C=O) groups is 2. The van der Waals surface area contributed by atoms with Crippen molar-refractivity contribution >= 4 is 49.5 Å². The van der Waals surface area contributed by atoms with E-state index in [-0.39, 0.29) is 11.1 Å². The Morgan fingerprint density at radius 3 is 2.05 bits per heavy atom. The Morgan fingerprint density at radius 2 is 1.50 bits per heavy atom. The average molecular weight is 400 g/mol. The smallest absolute Gasteiger partial charge is 0.346 e. The lowest BCUT2D eigenvalue weighted by atomic mass is 10.2. The highest BCUT2D eigenvalue weighted by atomic mass is 79.9. The number of ether oxygens (including phenoxy) is 1. The molecule has 2 N–H and O–H groups in total. The first kappa shape index (κ1) is 14.7. The number of carbonyl (C=O) groups excluding carboxylic acids is 2. The zero-order valence-electron chi connectivity index (χ0n) is 9.97. The van der Waals surface area contributed by atoms with Crippen molar-refractivity contribution in [3.8, 4) is 0 Å². The number of esters is 2. The Hall–Kier alpha value is -1.73. The summed E-state index contributed by atoms with van der Waals surface area (Å²) in [6.07, 6.45) is 2.88. The molecule has 2 rings (SSSR count). The third-order valence-electron chi connectivity index (χ3n) is 2.42. The Balaban J connectivity index is 2.19. The van der Waals surface area contributed by atoms with Crippen molar-refractivity contribution in [3.63, 3.8) is 0 Å². The summed E-state index contributed by atoms with van der Waals surface area (Å²) in [5.41, 5.74) is 6.64. The van der Waals surface area contributed by atoms with Gasteiger partial charge in [0, 0.05) is 21.3 Å². The average Bonchev–Trinajstić information content (AvgIpc) is 2.45. The molecule has 0 amide bonds. The number of rotatable bonds is 2. The van der Waals surface area contributed by atoms with Crippen LogP contribution in [0.5, 0.6) is 0 Å². The van der Waals surface area contributed by atoms with Gasteiger partial charge in [0.1, 0.15) is 0 Å². The van der Waals surface area contributed by atoms with Crippen LogP contribution in [0.2, 0.25) is 0 Å². The molecule has 0 saturated heterocycles. The summed E-state index contributed by atoms with van der Waals surface area (Å²) in [5, 5.41) is 0. The molecular weight excluding hydrogens is 392 g/mol. The highest BCUT2D eigenvalue weighted by molar-refractivity contribution is 9.11. The lowest BCUT2D eigenvalue weighted by Crippen LogP contribution is -2.13. The van der Waals surface area contributed by atoms with Crippen molar-refractivity contribution in [2.75, 3.05) is 5.73 Å². The van der Waals surface area contributed by atoms with Gasteiger partial charge in [0.2, 0.25) is 0 Å². The Bertz CT molecular complexity index is 652. The van der Waals surface area contributed by atoms with Crippen LogP contribution >= 0.6 is 31.9 Å². The molecule has 0 fully saturated rings. The SMILES string of the molecule is Nc1c(Br)cc(C(=O)OC(=O)c2ccncc2)cc1Br. The van der Waals surface area contributed by atoms with Gasteiger partial charge in [-0.05, 0) is 56.1 Å². The van der Waals surface area contributed by atoms with E-state index in [0.717, 1.165) is 0 Å². The monoisotopic (exact) mass is 398 g/mol. The lowest BCUT2D eigenvalue weighted by molar-refractivity contribution is 0.0397. The molecule has 20 heavy (non-hydrogen) atoms. The van der Waals surface area contributed by atoms with Crippen LogP contribution in [-0.2, 0) is 4.74 Å². The topological polar surface area (TPSA) is 82.3 Å². The van der Waals surface area contributed by atoms with E-state index in [1.807, 2.05) is 0 Å². The molecule has 2 aromatic rings. The maximum atomic E-state index is 11.9. The number of nitrogen functional groups attached to an aromatic ring is 1. The fourth-order valence-corrected chi connectivity index (χ4v) is 2.58. The molecule has 0 aliphatic heterocycles. The highest BCUT2D eigenvalue weighted by Gasteiger charge is 2.17. The maximum Gasteiger partial charge on any atom is 0.346 e. The highest BCUT2D eigenvalue weighted by Crippen LogP contribution is 2.29. The number of aromatic nitrogens is 1. The molecule has 0 bridgehead atoms. The first-order valence-corrected chi connectivity index (χ1v) is 6.98. The molecule has 0 saturated carbocycles. The van der Waals surface area contributed by atoms with Gasteiger partial charge in [0.05, 0.1) is 16.8 Å². The molecular formula is C13H8Br2N2O3. The van der Waals surface area contributed by atoms with Crippen LogP contribution in [0.3, 0.4) is 0 Å². The summed E-state index contributed by atoms with van der Waals surface area (Å²) >= 11 is 6.44. The zero-order chi connectivity index (χ0) is 14.7. The van der Waals surface area contributed by atoms with E-state index < -0.39 is 11.9 Å². The first-order valence-electron chi connectivity index (χ1n) is 5.40. The van der Waals surface area contributed by atoms with Crippen LogP contribution in [0, 0.1) is 0 Å². The number of benzene rings is 1. The summed E-state index contributed by atoms with van der Waals surface area (Å²) in [5.74, 6) is -1.49. The van der Waals surface area contributed by atoms with Gasteiger partial charge in [-0.1, -0.05) is 0 Å². The maximum absolute atomic E-state index is 11.9. The molecule has 0 radical (unpaired) electrons. The number of anilines is 1. The van der Waals surface area contributed by atoms with Crippen molar-refractivity contribution in [2.45, 2.75) is 0 Å². The normalized spacial score (nSPS) is 10.1. The Morgan fingerprint density at radius 1 is 1.00 bits per heavy atom. The van der Waals surface area contributed by atoms with Gasteiger partial charge in [-0.3, -0.25) is 4.98 Å². The number of halogens is 2. The molecule has 1 heterocycles. The second-order valence-electron chi connectivity index (χ2n) is 3.77.